The highest BCUT2D eigenvalue weighted by Gasteiger charge is 2.63. The maximum absolute atomic E-state index is 13.0. The molecule has 1 saturated carbocycles. The van der Waals surface area contributed by atoms with Gasteiger partial charge in [-0.05, 0) is 53.5 Å². The van der Waals surface area contributed by atoms with Crippen molar-refractivity contribution in [2.45, 2.75) is 41.2 Å². The van der Waals surface area contributed by atoms with E-state index in [0.29, 0.717) is 10.8 Å². The Morgan fingerprint density at radius 1 is 1.17 bits per heavy atom. The molecule has 1 N–H and O–H groups in total. The fraction of sp³-hybridized carbons (Fsp3) is 0.625. The zero-order valence-electron chi connectivity index (χ0n) is 12.1. The molecule has 2 heteroatoms. The molecule has 1 aliphatic rings. The molecule has 1 aromatic rings. The quantitative estimate of drug-likeness (QED) is 0.853. The molecule has 0 heterocycles. The van der Waals surface area contributed by atoms with Gasteiger partial charge in [-0.2, -0.15) is 0 Å². The molecule has 2 rings (SSSR count). The van der Waals surface area contributed by atoms with E-state index in [9.17, 15) is 4.39 Å². The minimum Gasteiger partial charge on any atom is -0.312 e. The van der Waals surface area contributed by atoms with Crippen molar-refractivity contribution in [3.05, 3.63) is 35.1 Å². The van der Waals surface area contributed by atoms with Crippen molar-refractivity contribution in [1.29, 1.82) is 0 Å². The fourth-order valence-electron chi connectivity index (χ4n) is 3.05. The SMILES string of the molecule is Cc1cc(F)ccc1CNCC1C(C)(C)C1(C)C. The molecule has 0 radical (unpaired) electrons. The zero-order chi connectivity index (χ0) is 13.6. The molecule has 18 heavy (non-hydrogen) atoms. The zero-order valence-corrected chi connectivity index (χ0v) is 12.1. The molecular weight excluding hydrogens is 225 g/mol. The smallest absolute Gasteiger partial charge is 0.123 e. The highest BCUT2D eigenvalue weighted by Crippen LogP contribution is 2.67. The van der Waals surface area contributed by atoms with E-state index in [4.69, 9.17) is 0 Å². The van der Waals surface area contributed by atoms with Crippen LogP contribution in [0.3, 0.4) is 0 Å². The van der Waals surface area contributed by atoms with Crippen molar-refractivity contribution in [3.8, 4) is 0 Å². The number of aryl methyl sites for hydroxylation is 1. The van der Waals surface area contributed by atoms with E-state index >= 15 is 0 Å². The lowest BCUT2D eigenvalue weighted by atomic mass is 10.0. The number of hydrogen-bond acceptors (Lipinski definition) is 1. The van der Waals surface area contributed by atoms with Crippen molar-refractivity contribution >= 4 is 0 Å². The summed E-state index contributed by atoms with van der Waals surface area (Å²) in [4.78, 5) is 0. The van der Waals surface area contributed by atoms with Gasteiger partial charge in [0.1, 0.15) is 5.82 Å². The predicted molar refractivity (Wildman–Crippen MR) is 73.9 cm³/mol. The van der Waals surface area contributed by atoms with E-state index in [0.717, 1.165) is 24.6 Å². The highest BCUT2D eigenvalue weighted by molar-refractivity contribution is 5.26. The summed E-state index contributed by atoms with van der Waals surface area (Å²) in [5.41, 5.74) is 3.07. The molecule has 0 aliphatic heterocycles. The van der Waals surface area contributed by atoms with Gasteiger partial charge in [-0.3, -0.25) is 0 Å². The molecule has 1 fully saturated rings. The summed E-state index contributed by atoms with van der Waals surface area (Å²) in [5, 5.41) is 3.51. The summed E-state index contributed by atoms with van der Waals surface area (Å²) in [6.45, 7) is 13.2. The van der Waals surface area contributed by atoms with E-state index in [1.807, 2.05) is 13.0 Å². The van der Waals surface area contributed by atoms with Crippen LogP contribution in [0.25, 0.3) is 0 Å². The molecule has 0 unspecified atom stereocenters. The molecule has 0 saturated heterocycles. The van der Waals surface area contributed by atoms with Gasteiger partial charge in [0.05, 0.1) is 0 Å². The van der Waals surface area contributed by atoms with Crippen LogP contribution >= 0.6 is 0 Å². The molecule has 0 amide bonds. The van der Waals surface area contributed by atoms with Gasteiger partial charge in [-0.15, -0.1) is 0 Å². The fourth-order valence-corrected chi connectivity index (χ4v) is 3.05. The molecule has 1 aliphatic carbocycles. The van der Waals surface area contributed by atoms with Gasteiger partial charge in [-0.1, -0.05) is 33.8 Å². The van der Waals surface area contributed by atoms with Crippen molar-refractivity contribution in [2.24, 2.45) is 16.7 Å². The van der Waals surface area contributed by atoms with Gasteiger partial charge in [-0.25, -0.2) is 4.39 Å². The molecule has 0 spiro atoms. The van der Waals surface area contributed by atoms with Crippen LogP contribution in [0.5, 0.6) is 0 Å². The summed E-state index contributed by atoms with van der Waals surface area (Å²) >= 11 is 0. The first-order chi connectivity index (χ1) is 8.26. The van der Waals surface area contributed by atoms with E-state index in [1.165, 1.54) is 11.6 Å². The van der Waals surface area contributed by atoms with Crippen molar-refractivity contribution in [2.75, 3.05) is 6.54 Å². The first-order valence-electron chi connectivity index (χ1n) is 6.72. The molecule has 0 atom stereocenters. The maximum atomic E-state index is 13.0. The van der Waals surface area contributed by atoms with Gasteiger partial charge in [0.25, 0.3) is 0 Å². The number of rotatable bonds is 4. The van der Waals surface area contributed by atoms with Crippen LogP contribution in [0.4, 0.5) is 4.39 Å². The number of hydrogen-bond donors (Lipinski definition) is 1. The molecule has 0 aromatic heterocycles. The lowest BCUT2D eigenvalue weighted by molar-refractivity contribution is 0.457. The first-order valence-corrected chi connectivity index (χ1v) is 6.72. The Morgan fingerprint density at radius 2 is 1.78 bits per heavy atom. The van der Waals surface area contributed by atoms with Gasteiger partial charge in [0.2, 0.25) is 0 Å². The van der Waals surface area contributed by atoms with Crippen LogP contribution in [-0.4, -0.2) is 6.54 Å². The van der Waals surface area contributed by atoms with Crippen molar-refractivity contribution in [3.63, 3.8) is 0 Å². The minimum atomic E-state index is -0.152. The monoisotopic (exact) mass is 249 g/mol. The summed E-state index contributed by atoms with van der Waals surface area (Å²) in [6.07, 6.45) is 0. The second-order valence-corrected chi connectivity index (χ2v) is 6.70. The Bertz CT molecular complexity index is 434. The normalized spacial score (nSPS) is 21.0. The topological polar surface area (TPSA) is 12.0 Å². The summed E-state index contributed by atoms with van der Waals surface area (Å²) in [7, 11) is 0. The molecule has 100 valence electrons. The lowest BCUT2D eigenvalue weighted by Gasteiger charge is -2.09. The Kier molecular flexibility index (Phi) is 3.26. The van der Waals surface area contributed by atoms with Crippen molar-refractivity contribution < 1.29 is 4.39 Å². The Balaban J connectivity index is 1.87. The third kappa shape index (κ3) is 2.18. The number of nitrogens with one attached hydrogen (secondary N) is 1. The standard InChI is InChI=1S/C16H24FN/c1-11-8-13(17)7-6-12(11)9-18-10-14-15(2,3)16(14,4)5/h6-8,14,18H,9-10H2,1-5H3. The largest absolute Gasteiger partial charge is 0.312 e. The molecule has 0 bridgehead atoms. The Labute approximate surface area is 110 Å². The number of halogens is 1. The third-order valence-electron chi connectivity index (χ3n) is 5.29. The van der Waals surface area contributed by atoms with E-state index in [2.05, 4.69) is 33.0 Å². The van der Waals surface area contributed by atoms with E-state index in [-0.39, 0.29) is 5.82 Å². The van der Waals surface area contributed by atoms with E-state index in [1.54, 1.807) is 6.07 Å². The van der Waals surface area contributed by atoms with Crippen LogP contribution in [0.15, 0.2) is 18.2 Å². The average Bonchev–Trinajstić information content (AvgIpc) is 2.63. The van der Waals surface area contributed by atoms with E-state index < -0.39 is 0 Å². The van der Waals surface area contributed by atoms with Crippen LogP contribution in [0, 0.1) is 29.5 Å². The van der Waals surface area contributed by atoms with Crippen molar-refractivity contribution in [1.82, 2.24) is 5.32 Å². The second-order valence-electron chi connectivity index (χ2n) is 6.70. The van der Waals surface area contributed by atoms with Crippen LogP contribution in [-0.2, 0) is 6.54 Å². The van der Waals surface area contributed by atoms with Gasteiger partial charge < -0.3 is 5.32 Å². The molecular formula is C16H24FN. The molecule has 1 aromatic carbocycles. The lowest BCUT2D eigenvalue weighted by Crippen LogP contribution is -2.19. The predicted octanol–water partition coefficient (Wildman–Crippen LogP) is 3.91. The highest BCUT2D eigenvalue weighted by atomic mass is 19.1. The molecule has 1 nitrogen and oxygen atoms in total. The summed E-state index contributed by atoms with van der Waals surface area (Å²) in [6, 6.07) is 5.01. The van der Waals surface area contributed by atoms with Crippen LogP contribution in [0.2, 0.25) is 0 Å². The van der Waals surface area contributed by atoms with Crippen LogP contribution < -0.4 is 5.32 Å². The second kappa shape index (κ2) is 4.34. The summed E-state index contributed by atoms with van der Waals surface area (Å²) < 4.78 is 13.0. The minimum absolute atomic E-state index is 0.152. The Morgan fingerprint density at radius 3 is 2.28 bits per heavy atom. The van der Waals surface area contributed by atoms with Gasteiger partial charge in [0, 0.05) is 6.54 Å². The number of benzene rings is 1. The first kappa shape index (κ1) is 13.5. The third-order valence-corrected chi connectivity index (χ3v) is 5.29. The van der Waals surface area contributed by atoms with Gasteiger partial charge >= 0.3 is 0 Å². The summed E-state index contributed by atoms with van der Waals surface area (Å²) in [5.74, 6) is 0.575. The van der Waals surface area contributed by atoms with Gasteiger partial charge in [0.15, 0.2) is 0 Å². The average molecular weight is 249 g/mol. The Hall–Kier alpha value is -0.890. The maximum Gasteiger partial charge on any atom is 0.123 e. The van der Waals surface area contributed by atoms with Crippen LogP contribution in [0.1, 0.15) is 38.8 Å².